The highest BCUT2D eigenvalue weighted by atomic mass is 35.5. The number of amides is 2. The Morgan fingerprint density at radius 2 is 2.10 bits per heavy atom. The Balaban J connectivity index is 1.29. The molecule has 162 valence electrons. The minimum Gasteiger partial charge on any atom is -0.386 e. The molecular weight excluding hydrogens is 414 g/mol. The summed E-state index contributed by atoms with van der Waals surface area (Å²) in [7, 11) is 0. The molecule has 0 bridgehead atoms. The third kappa shape index (κ3) is 3.18. The summed E-state index contributed by atoms with van der Waals surface area (Å²) in [4.78, 5) is 19.0. The molecule has 8 heteroatoms. The van der Waals surface area contributed by atoms with Gasteiger partial charge in [0.1, 0.15) is 6.10 Å². The first-order valence-corrected chi connectivity index (χ1v) is 11.1. The second-order valence-corrected chi connectivity index (χ2v) is 9.24. The molecule has 31 heavy (non-hydrogen) atoms. The van der Waals surface area contributed by atoms with Crippen molar-refractivity contribution in [3.63, 3.8) is 0 Å². The lowest BCUT2D eigenvalue weighted by atomic mass is 9.75. The van der Waals surface area contributed by atoms with Crippen LogP contribution in [0.25, 0.3) is 10.9 Å². The number of nitrogens with one attached hydrogen (secondary N) is 1. The van der Waals surface area contributed by atoms with Gasteiger partial charge in [-0.2, -0.15) is 5.10 Å². The number of likely N-dealkylation sites (tertiary alicyclic amines) is 1. The van der Waals surface area contributed by atoms with Gasteiger partial charge in [-0.05, 0) is 56.9 Å². The van der Waals surface area contributed by atoms with Crippen molar-refractivity contribution >= 4 is 28.5 Å². The first-order chi connectivity index (χ1) is 14.9. The van der Waals surface area contributed by atoms with E-state index < -0.39 is 11.6 Å². The topological polar surface area (TPSA) is 83.3 Å². The van der Waals surface area contributed by atoms with Crippen LogP contribution in [0.5, 0.6) is 0 Å². The molecule has 2 aliphatic rings. The van der Waals surface area contributed by atoms with Crippen molar-refractivity contribution in [3.8, 4) is 0 Å². The van der Waals surface area contributed by atoms with Gasteiger partial charge in [0.15, 0.2) is 0 Å². The van der Waals surface area contributed by atoms with Crippen LogP contribution < -0.4 is 5.32 Å². The number of carbonyl (C=O) groups excluding carboxylic acids is 1. The summed E-state index contributed by atoms with van der Waals surface area (Å²) in [6.45, 7) is 5.28. The van der Waals surface area contributed by atoms with Crippen LogP contribution in [-0.4, -0.2) is 43.9 Å². The van der Waals surface area contributed by atoms with E-state index in [9.17, 15) is 9.90 Å². The summed E-state index contributed by atoms with van der Waals surface area (Å²) in [6.07, 6.45) is 4.46. The van der Waals surface area contributed by atoms with Gasteiger partial charge in [0.2, 0.25) is 0 Å². The van der Waals surface area contributed by atoms with Crippen LogP contribution in [-0.2, 0) is 5.54 Å². The van der Waals surface area contributed by atoms with Gasteiger partial charge in [-0.15, -0.1) is 0 Å². The van der Waals surface area contributed by atoms with Crippen molar-refractivity contribution < 1.29 is 9.90 Å². The van der Waals surface area contributed by atoms with Gasteiger partial charge in [-0.25, -0.2) is 4.79 Å². The van der Waals surface area contributed by atoms with Crippen molar-refractivity contribution in [2.45, 2.75) is 44.4 Å². The van der Waals surface area contributed by atoms with E-state index in [1.54, 1.807) is 6.20 Å². The molecule has 2 amide bonds. The number of urea groups is 1. The van der Waals surface area contributed by atoms with E-state index in [-0.39, 0.29) is 18.0 Å². The Hall–Kier alpha value is -2.64. The van der Waals surface area contributed by atoms with Crippen molar-refractivity contribution in [2.75, 3.05) is 13.1 Å². The zero-order chi connectivity index (χ0) is 21.8. The van der Waals surface area contributed by atoms with E-state index in [0.717, 1.165) is 35.0 Å². The molecule has 2 aliphatic heterocycles. The maximum Gasteiger partial charge on any atom is 0.317 e. The van der Waals surface area contributed by atoms with Crippen molar-refractivity contribution in [1.29, 1.82) is 0 Å². The number of rotatable bonds is 3. The Kier molecular flexibility index (Phi) is 4.90. The Morgan fingerprint density at radius 1 is 1.32 bits per heavy atom. The average molecular weight is 440 g/mol. The summed E-state index contributed by atoms with van der Waals surface area (Å²) in [5.74, 6) is 0.189. The van der Waals surface area contributed by atoms with E-state index in [0.29, 0.717) is 18.1 Å². The molecule has 5 rings (SSSR count). The number of hydrogen-bond acceptors (Lipinski definition) is 4. The molecule has 0 saturated carbocycles. The summed E-state index contributed by atoms with van der Waals surface area (Å²) in [6, 6.07) is 9.19. The molecule has 3 aromatic rings. The first kappa shape index (κ1) is 20.3. The second kappa shape index (κ2) is 7.50. The number of benzene rings is 1. The molecule has 0 radical (unpaired) electrons. The van der Waals surface area contributed by atoms with Crippen LogP contribution in [0.3, 0.4) is 0 Å². The Labute approximate surface area is 186 Å². The number of aliphatic hydroxyl groups is 1. The van der Waals surface area contributed by atoms with E-state index in [1.165, 1.54) is 0 Å². The molecule has 2 aromatic heterocycles. The summed E-state index contributed by atoms with van der Waals surface area (Å²) >= 11 is 6.26. The number of carbonyl (C=O) groups is 1. The Bertz CT molecular complexity index is 1130. The number of aliphatic hydroxyl groups excluding tert-OH is 1. The normalized spacial score (nSPS) is 24.5. The number of nitrogens with zero attached hydrogens (tertiary/aromatic N) is 4. The lowest BCUT2D eigenvalue weighted by Gasteiger charge is -2.43. The maximum absolute atomic E-state index is 12.8. The van der Waals surface area contributed by atoms with Crippen LogP contribution >= 0.6 is 11.6 Å². The third-order valence-electron chi connectivity index (χ3n) is 7.04. The molecule has 0 aliphatic carbocycles. The van der Waals surface area contributed by atoms with E-state index >= 15 is 0 Å². The average Bonchev–Trinajstić information content (AvgIpc) is 3.30. The summed E-state index contributed by atoms with van der Waals surface area (Å²) in [5.41, 5.74) is 2.08. The number of piperidine rings is 1. The SMILES string of the molecule is C[C@@H](NC(=O)N1CCC(C2(C)C(O)c3cc(Cl)cc4cnn2c34)CC1)c1ccccn1. The highest BCUT2D eigenvalue weighted by molar-refractivity contribution is 6.31. The summed E-state index contributed by atoms with van der Waals surface area (Å²) in [5, 5.41) is 20.5. The van der Waals surface area contributed by atoms with Gasteiger partial charge in [0, 0.05) is 35.3 Å². The molecule has 3 atom stereocenters. The number of pyridine rings is 1. The monoisotopic (exact) mass is 439 g/mol. The van der Waals surface area contributed by atoms with Crippen LogP contribution in [0, 0.1) is 5.92 Å². The predicted molar refractivity (Wildman–Crippen MR) is 119 cm³/mol. The minimum absolute atomic E-state index is 0.0784. The lowest BCUT2D eigenvalue weighted by Crippen LogP contribution is -2.50. The van der Waals surface area contributed by atoms with Gasteiger partial charge in [-0.3, -0.25) is 9.67 Å². The fourth-order valence-corrected chi connectivity index (χ4v) is 5.45. The second-order valence-electron chi connectivity index (χ2n) is 8.80. The van der Waals surface area contributed by atoms with Gasteiger partial charge in [-0.1, -0.05) is 17.7 Å². The summed E-state index contributed by atoms with van der Waals surface area (Å²) < 4.78 is 1.97. The van der Waals surface area contributed by atoms with E-state index in [4.69, 9.17) is 11.6 Å². The predicted octanol–water partition coefficient (Wildman–Crippen LogP) is 4.03. The Morgan fingerprint density at radius 3 is 2.81 bits per heavy atom. The molecule has 2 unspecified atom stereocenters. The zero-order valence-corrected chi connectivity index (χ0v) is 18.4. The van der Waals surface area contributed by atoms with Crippen LogP contribution in [0.1, 0.15) is 50.1 Å². The van der Waals surface area contributed by atoms with Crippen molar-refractivity contribution in [1.82, 2.24) is 25.0 Å². The molecular formula is C23H26ClN5O2. The van der Waals surface area contributed by atoms with E-state index in [2.05, 4.69) is 22.3 Å². The smallest absolute Gasteiger partial charge is 0.317 e. The largest absolute Gasteiger partial charge is 0.386 e. The molecule has 4 heterocycles. The molecule has 1 aromatic carbocycles. The quantitative estimate of drug-likeness (QED) is 0.645. The standard InChI is InChI=1S/C23H26ClN5O2/c1-14(19-5-3-4-8-25-19)27-22(31)28-9-6-16(7-10-28)23(2)21(30)18-12-17(24)11-15-13-26-29(23)20(15)18/h3-5,8,11-14,16,21,30H,6-7,9-10H2,1-2H3,(H,27,31)/t14-,21?,23?/m1/s1. The number of halogens is 1. The molecule has 7 nitrogen and oxygen atoms in total. The lowest BCUT2D eigenvalue weighted by molar-refractivity contribution is -0.0117. The van der Waals surface area contributed by atoms with Gasteiger partial charge in [0.05, 0.1) is 29.0 Å². The van der Waals surface area contributed by atoms with Crippen LogP contribution in [0.2, 0.25) is 5.02 Å². The zero-order valence-electron chi connectivity index (χ0n) is 17.6. The molecule has 0 spiro atoms. The number of aromatic nitrogens is 3. The van der Waals surface area contributed by atoms with Gasteiger partial charge < -0.3 is 15.3 Å². The minimum atomic E-state index is -0.674. The first-order valence-electron chi connectivity index (χ1n) is 10.7. The van der Waals surface area contributed by atoms with Gasteiger partial charge in [0.25, 0.3) is 0 Å². The van der Waals surface area contributed by atoms with Crippen LogP contribution in [0.4, 0.5) is 4.79 Å². The fourth-order valence-electron chi connectivity index (χ4n) is 5.21. The molecule has 1 fully saturated rings. The highest BCUT2D eigenvalue weighted by Gasteiger charge is 2.50. The molecule has 1 saturated heterocycles. The van der Waals surface area contributed by atoms with Crippen LogP contribution in [0.15, 0.2) is 42.7 Å². The fraction of sp³-hybridized carbons (Fsp3) is 0.435. The maximum atomic E-state index is 12.8. The molecule has 2 N–H and O–H groups in total. The third-order valence-corrected chi connectivity index (χ3v) is 7.26. The van der Waals surface area contributed by atoms with E-state index in [1.807, 2.05) is 53.0 Å². The highest BCUT2D eigenvalue weighted by Crippen LogP contribution is 2.51. The van der Waals surface area contributed by atoms with Crippen molar-refractivity contribution in [3.05, 3.63) is 59.0 Å². The van der Waals surface area contributed by atoms with Crippen molar-refractivity contribution in [2.24, 2.45) is 5.92 Å². The van der Waals surface area contributed by atoms with Gasteiger partial charge >= 0.3 is 6.03 Å². The number of hydrogen-bond donors (Lipinski definition) is 2.